The van der Waals surface area contributed by atoms with Crippen LogP contribution in [0, 0.1) is 23.2 Å². The number of nitrogens with zero attached hydrogens (tertiary/aromatic N) is 4. The molecule has 1 unspecified atom stereocenters. The Bertz CT molecular complexity index is 984. The van der Waals surface area contributed by atoms with Crippen molar-refractivity contribution in [2.45, 2.75) is 64.0 Å². The fourth-order valence-corrected chi connectivity index (χ4v) is 7.19. The number of pyridine rings is 1. The second-order valence-corrected chi connectivity index (χ2v) is 10.3. The maximum atomic E-state index is 13.7. The van der Waals surface area contributed by atoms with Crippen LogP contribution in [0.2, 0.25) is 0 Å². The molecule has 8 nitrogen and oxygen atoms in total. The summed E-state index contributed by atoms with van der Waals surface area (Å²) < 4.78 is 5.29. The summed E-state index contributed by atoms with van der Waals surface area (Å²) in [5.74, 6) is 3.08. The van der Waals surface area contributed by atoms with Gasteiger partial charge in [-0.3, -0.25) is 14.6 Å². The van der Waals surface area contributed by atoms with E-state index in [0.717, 1.165) is 37.7 Å². The number of carbonyl (C=O) groups is 2. The van der Waals surface area contributed by atoms with Gasteiger partial charge in [0.15, 0.2) is 0 Å². The van der Waals surface area contributed by atoms with Crippen LogP contribution < -0.4 is 5.32 Å². The van der Waals surface area contributed by atoms with E-state index in [-0.39, 0.29) is 23.8 Å². The van der Waals surface area contributed by atoms with Crippen molar-refractivity contribution in [3.8, 4) is 11.4 Å². The van der Waals surface area contributed by atoms with E-state index in [1.54, 1.807) is 24.5 Å². The third kappa shape index (κ3) is 3.40. The molecule has 2 aromatic heterocycles. The van der Waals surface area contributed by atoms with Crippen molar-refractivity contribution in [3.05, 3.63) is 30.4 Å². The summed E-state index contributed by atoms with van der Waals surface area (Å²) in [4.78, 5) is 37.0. The Morgan fingerprint density at radius 1 is 1.09 bits per heavy atom. The van der Waals surface area contributed by atoms with E-state index >= 15 is 0 Å². The van der Waals surface area contributed by atoms with Crippen LogP contribution in [0.5, 0.6) is 0 Å². The predicted octanol–water partition coefficient (Wildman–Crippen LogP) is 2.96. The van der Waals surface area contributed by atoms with Crippen LogP contribution in [0.25, 0.3) is 11.4 Å². The molecule has 4 bridgehead atoms. The lowest BCUT2D eigenvalue weighted by Crippen LogP contribution is -2.57. The Morgan fingerprint density at radius 2 is 1.78 bits per heavy atom. The molecule has 1 atom stereocenters. The summed E-state index contributed by atoms with van der Waals surface area (Å²) in [6, 6.07) is 3.22. The lowest BCUT2D eigenvalue weighted by molar-refractivity contribution is -0.160. The molecule has 7 rings (SSSR count). The summed E-state index contributed by atoms with van der Waals surface area (Å²) in [6.07, 6.45) is 11.9. The van der Waals surface area contributed by atoms with Crippen LogP contribution in [0.3, 0.4) is 0 Å². The minimum absolute atomic E-state index is 0.121. The zero-order valence-corrected chi connectivity index (χ0v) is 18.2. The van der Waals surface area contributed by atoms with Gasteiger partial charge in [0.25, 0.3) is 0 Å². The van der Waals surface area contributed by atoms with E-state index in [1.807, 2.05) is 4.90 Å². The molecule has 4 aliphatic carbocycles. The molecule has 2 aromatic rings. The first-order valence-corrected chi connectivity index (χ1v) is 11.9. The first-order valence-electron chi connectivity index (χ1n) is 11.9. The molecule has 1 N–H and O–H groups in total. The summed E-state index contributed by atoms with van der Waals surface area (Å²) in [5.41, 5.74) is 0.605. The quantitative estimate of drug-likeness (QED) is 0.775. The van der Waals surface area contributed by atoms with Crippen molar-refractivity contribution in [2.75, 3.05) is 6.54 Å². The summed E-state index contributed by atoms with van der Waals surface area (Å²) >= 11 is 0. The van der Waals surface area contributed by atoms with Gasteiger partial charge < -0.3 is 14.7 Å². The number of carbonyl (C=O) groups excluding carboxylic acids is 2. The Morgan fingerprint density at radius 3 is 2.47 bits per heavy atom. The van der Waals surface area contributed by atoms with Gasteiger partial charge in [-0.1, -0.05) is 5.16 Å². The molecule has 8 heteroatoms. The Hall–Kier alpha value is -2.77. The van der Waals surface area contributed by atoms with E-state index in [9.17, 15) is 9.59 Å². The van der Waals surface area contributed by atoms with Crippen LogP contribution >= 0.6 is 0 Å². The number of nitrogens with one attached hydrogen (secondary N) is 1. The molecule has 5 aliphatic rings. The van der Waals surface area contributed by atoms with Gasteiger partial charge in [-0.05, 0) is 81.3 Å². The van der Waals surface area contributed by atoms with Crippen molar-refractivity contribution < 1.29 is 14.1 Å². The summed E-state index contributed by atoms with van der Waals surface area (Å²) in [5, 5.41) is 6.90. The fourth-order valence-electron chi connectivity index (χ4n) is 7.19. The molecule has 2 amide bonds. The minimum atomic E-state index is -0.391. The molecule has 1 aliphatic heterocycles. The monoisotopic (exact) mass is 435 g/mol. The largest absolute Gasteiger partial charge is 0.345 e. The number of hydrogen-bond acceptors (Lipinski definition) is 6. The highest BCUT2D eigenvalue weighted by Gasteiger charge is 2.56. The number of amides is 2. The lowest BCUT2D eigenvalue weighted by Gasteiger charge is -2.56. The van der Waals surface area contributed by atoms with Gasteiger partial charge in [-0.15, -0.1) is 0 Å². The lowest BCUT2D eigenvalue weighted by atomic mass is 9.49. The van der Waals surface area contributed by atoms with Gasteiger partial charge >= 0.3 is 0 Å². The third-order valence-electron chi connectivity index (χ3n) is 8.13. The highest BCUT2D eigenvalue weighted by atomic mass is 16.5. The first-order chi connectivity index (χ1) is 15.6. The molecule has 0 spiro atoms. The molecule has 1 saturated heterocycles. The maximum Gasteiger partial charge on any atom is 0.246 e. The highest BCUT2D eigenvalue weighted by molar-refractivity contribution is 5.91. The van der Waals surface area contributed by atoms with Crippen LogP contribution in [0.1, 0.15) is 57.3 Å². The van der Waals surface area contributed by atoms with Crippen molar-refractivity contribution in [1.82, 2.24) is 25.3 Å². The topological polar surface area (TPSA) is 101 Å². The van der Waals surface area contributed by atoms with Crippen LogP contribution in [-0.4, -0.2) is 44.4 Å². The van der Waals surface area contributed by atoms with Gasteiger partial charge in [0.2, 0.25) is 23.5 Å². The molecule has 3 heterocycles. The SMILES string of the molecule is O=C(NCc1nc(-c2ccncc2)no1)C1CCCN1C(=O)C12CC3CC(CC(C3)C1)C2. The van der Waals surface area contributed by atoms with Gasteiger partial charge in [0.05, 0.1) is 12.0 Å². The van der Waals surface area contributed by atoms with Crippen LogP contribution in [0.4, 0.5) is 0 Å². The molecule has 0 aromatic carbocycles. The predicted molar refractivity (Wildman–Crippen MR) is 115 cm³/mol. The van der Waals surface area contributed by atoms with E-state index in [0.29, 0.717) is 36.0 Å². The number of aromatic nitrogens is 3. The van der Waals surface area contributed by atoms with E-state index in [1.165, 1.54) is 19.3 Å². The Kier molecular flexibility index (Phi) is 4.77. The average Bonchev–Trinajstić information content (AvgIpc) is 3.47. The van der Waals surface area contributed by atoms with E-state index < -0.39 is 6.04 Å². The van der Waals surface area contributed by atoms with Crippen molar-refractivity contribution in [2.24, 2.45) is 23.2 Å². The van der Waals surface area contributed by atoms with Crippen LogP contribution in [-0.2, 0) is 16.1 Å². The standard InChI is InChI=1S/C24H29N5O3/c30-22(26-14-20-27-21(28-32-20)18-3-5-25-6-4-18)19-2-1-7-29(19)23(31)24-11-15-8-16(12-24)10-17(9-15)13-24/h3-6,15-17,19H,1-2,7-14H2,(H,26,30). The summed E-state index contributed by atoms with van der Waals surface area (Å²) in [6.45, 7) is 0.845. The Labute approximate surface area is 187 Å². The van der Waals surface area contributed by atoms with E-state index in [2.05, 4.69) is 20.4 Å². The number of likely N-dealkylation sites (tertiary alicyclic amines) is 1. The van der Waals surface area contributed by atoms with Gasteiger partial charge in [0.1, 0.15) is 6.04 Å². The smallest absolute Gasteiger partial charge is 0.246 e. The van der Waals surface area contributed by atoms with Crippen molar-refractivity contribution in [3.63, 3.8) is 0 Å². The normalized spacial score (nSPS) is 32.9. The second-order valence-electron chi connectivity index (χ2n) is 10.3. The van der Waals surface area contributed by atoms with Gasteiger partial charge in [0, 0.05) is 24.5 Å². The fraction of sp³-hybridized carbons (Fsp3) is 0.625. The molecule has 0 radical (unpaired) electrons. The van der Waals surface area contributed by atoms with E-state index in [4.69, 9.17) is 4.52 Å². The minimum Gasteiger partial charge on any atom is -0.345 e. The van der Waals surface area contributed by atoms with Gasteiger partial charge in [-0.2, -0.15) is 4.98 Å². The van der Waals surface area contributed by atoms with Crippen molar-refractivity contribution in [1.29, 1.82) is 0 Å². The zero-order valence-electron chi connectivity index (χ0n) is 18.2. The summed E-state index contributed by atoms with van der Waals surface area (Å²) in [7, 11) is 0. The first kappa shape index (κ1) is 19.9. The van der Waals surface area contributed by atoms with Crippen molar-refractivity contribution >= 4 is 11.8 Å². The van der Waals surface area contributed by atoms with Gasteiger partial charge in [-0.25, -0.2) is 0 Å². The second kappa shape index (κ2) is 7.67. The molecular weight excluding hydrogens is 406 g/mol. The number of rotatable bonds is 5. The highest BCUT2D eigenvalue weighted by Crippen LogP contribution is 2.60. The third-order valence-corrected chi connectivity index (χ3v) is 8.13. The van der Waals surface area contributed by atoms with Crippen LogP contribution in [0.15, 0.2) is 29.0 Å². The Balaban J connectivity index is 1.11. The molecule has 168 valence electrons. The maximum absolute atomic E-state index is 13.7. The zero-order chi connectivity index (χ0) is 21.7. The molecule has 4 saturated carbocycles. The molecular formula is C24H29N5O3. The average molecular weight is 436 g/mol. The molecule has 5 fully saturated rings. The number of hydrogen-bond donors (Lipinski definition) is 1. The molecule has 32 heavy (non-hydrogen) atoms.